The molecular formula is C25H18ClF3N4O4. The average molecular weight is 531 g/mol. The van der Waals surface area contributed by atoms with Gasteiger partial charge in [0, 0.05) is 21.8 Å². The predicted molar refractivity (Wildman–Crippen MR) is 132 cm³/mol. The van der Waals surface area contributed by atoms with Crippen LogP contribution in [-0.2, 0) is 15.8 Å². The van der Waals surface area contributed by atoms with Gasteiger partial charge in [0.05, 0.1) is 18.2 Å². The van der Waals surface area contributed by atoms with Gasteiger partial charge < -0.3 is 15.4 Å². The number of amides is 3. The standard InChI is InChI=1S/C25H18ClF3N4O4/c1-37-19-8-6-17(7-9-19)30-22(34)21-12-14-11-16(26)5-10-20(14)33(21)32-24(36)23(35)31-18-4-2-3-15(13-18)25(27,28)29/h2-13H,1H3,(H,30,34)(H,31,35)(H,32,36). The van der Waals surface area contributed by atoms with E-state index in [1.165, 1.54) is 31.4 Å². The number of benzene rings is 3. The zero-order chi connectivity index (χ0) is 26.7. The maximum Gasteiger partial charge on any atom is 0.416 e. The molecule has 3 amide bonds. The van der Waals surface area contributed by atoms with Gasteiger partial charge in [0.15, 0.2) is 0 Å². The Morgan fingerprint density at radius 2 is 1.59 bits per heavy atom. The molecule has 190 valence electrons. The Kier molecular flexibility index (Phi) is 7.07. The molecule has 0 atom stereocenters. The van der Waals surface area contributed by atoms with Crippen LogP contribution in [0.5, 0.6) is 5.75 Å². The predicted octanol–water partition coefficient (Wildman–Crippen LogP) is 5.28. The summed E-state index contributed by atoms with van der Waals surface area (Å²) in [7, 11) is 1.50. The van der Waals surface area contributed by atoms with Crippen molar-refractivity contribution in [1.82, 2.24) is 4.68 Å². The van der Waals surface area contributed by atoms with E-state index in [1.807, 2.05) is 0 Å². The van der Waals surface area contributed by atoms with Crippen LogP contribution in [0.1, 0.15) is 16.1 Å². The van der Waals surface area contributed by atoms with E-state index >= 15 is 0 Å². The molecule has 0 aliphatic rings. The van der Waals surface area contributed by atoms with E-state index in [1.54, 1.807) is 30.3 Å². The number of hydrogen-bond acceptors (Lipinski definition) is 4. The summed E-state index contributed by atoms with van der Waals surface area (Å²) >= 11 is 6.06. The molecule has 12 heteroatoms. The lowest BCUT2D eigenvalue weighted by Crippen LogP contribution is -2.36. The Morgan fingerprint density at radius 1 is 0.865 bits per heavy atom. The van der Waals surface area contributed by atoms with Crippen LogP contribution < -0.4 is 20.8 Å². The number of nitrogens with zero attached hydrogens (tertiary/aromatic N) is 1. The summed E-state index contributed by atoms with van der Waals surface area (Å²) in [5, 5.41) is 5.67. The average Bonchev–Trinajstić information content (AvgIpc) is 3.21. The number of hydrogen-bond donors (Lipinski definition) is 3. The Bertz CT molecular complexity index is 1500. The van der Waals surface area contributed by atoms with Crippen LogP contribution in [0.2, 0.25) is 5.02 Å². The van der Waals surface area contributed by atoms with Gasteiger partial charge in [-0.15, -0.1) is 0 Å². The van der Waals surface area contributed by atoms with Crippen molar-refractivity contribution < 1.29 is 32.3 Å². The Balaban J connectivity index is 1.59. The summed E-state index contributed by atoms with van der Waals surface area (Å²) in [6, 6.07) is 16.4. The van der Waals surface area contributed by atoms with E-state index in [9.17, 15) is 27.6 Å². The van der Waals surface area contributed by atoms with Crippen LogP contribution in [0.4, 0.5) is 24.5 Å². The molecule has 0 fully saturated rings. The van der Waals surface area contributed by atoms with Gasteiger partial charge in [0.1, 0.15) is 11.4 Å². The number of nitrogens with one attached hydrogen (secondary N) is 3. The molecule has 0 saturated heterocycles. The Morgan fingerprint density at radius 3 is 2.27 bits per heavy atom. The highest BCUT2D eigenvalue weighted by atomic mass is 35.5. The third-order valence-corrected chi connectivity index (χ3v) is 5.45. The molecule has 0 saturated carbocycles. The summed E-state index contributed by atoms with van der Waals surface area (Å²) in [6.07, 6.45) is -4.62. The second-order valence-electron chi connectivity index (χ2n) is 7.72. The van der Waals surface area contributed by atoms with Crippen LogP contribution >= 0.6 is 11.6 Å². The highest BCUT2D eigenvalue weighted by Gasteiger charge is 2.30. The van der Waals surface area contributed by atoms with Gasteiger partial charge >= 0.3 is 18.0 Å². The molecule has 0 aliphatic carbocycles. The molecule has 4 aromatic rings. The number of alkyl halides is 3. The lowest BCUT2D eigenvalue weighted by Gasteiger charge is -2.13. The van der Waals surface area contributed by atoms with Crippen molar-refractivity contribution in [3.63, 3.8) is 0 Å². The van der Waals surface area contributed by atoms with Crippen LogP contribution in [0.25, 0.3) is 10.9 Å². The fourth-order valence-corrected chi connectivity index (χ4v) is 3.64. The number of methoxy groups -OCH3 is 1. The van der Waals surface area contributed by atoms with Crippen molar-refractivity contribution >= 4 is 51.6 Å². The maximum atomic E-state index is 13.1. The minimum Gasteiger partial charge on any atom is -0.497 e. The van der Waals surface area contributed by atoms with Gasteiger partial charge in [-0.25, -0.2) is 4.68 Å². The van der Waals surface area contributed by atoms with Crippen molar-refractivity contribution in [1.29, 1.82) is 0 Å². The third kappa shape index (κ3) is 5.84. The van der Waals surface area contributed by atoms with Crippen molar-refractivity contribution in [2.24, 2.45) is 0 Å². The van der Waals surface area contributed by atoms with E-state index in [4.69, 9.17) is 16.3 Å². The topological polar surface area (TPSA) is 101 Å². The number of carbonyl (C=O) groups is 3. The van der Waals surface area contributed by atoms with E-state index in [0.717, 1.165) is 16.8 Å². The first kappa shape index (κ1) is 25.6. The molecule has 0 spiro atoms. The Labute approximate surface area is 212 Å². The van der Waals surface area contributed by atoms with Crippen molar-refractivity contribution in [3.05, 3.63) is 89.1 Å². The van der Waals surface area contributed by atoms with Gasteiger partial charge in [0.25, 0.3) is 5.91 Å². The number of carbonyl (C=O) groups excluding carboxylic acids is 3. The third-order valence-electron chi connectivity index (χ3n) is 5.21. The number of halogens is 4. The van der Waals surface area contributed by atoms with Crippen LogP contribution in [0.3, 0.4) is 0 Å². The summed E-state index contributed by atoms with van der Waals surface area (Å²) in [5.74, 6) is -2.49. The van der Waals surface area contributed by atoms with Gasteiger partial charge in [0.2, 0.25) is 0 Å². The normalized spacial score (nSPS) is 11.2. The summed E-state index contributed by atoms with van der Waals surface area (Å²) in [4.78, 5) is 38.2. The van der Waals surface area contributed by atoms with Crippen LogP contribution in [0.15, 0.2) is 72.8 Å². The van der Waals surface area contributed by atoms with Gasteiger partial charge in [-0.3, -0.25) is 19.8 Å². The SMILES string of the molecule is COc1ccc(NC(=O)c2cc3cc(Cl)ccc3n2NC(=O)C(=O)Nc2cccc(C(F)(F)F)c2)cc1. The fraction of sp³-hybridized carbons (Fsp3) is 0.0800. The molecule has 0 bridgehead atoms. The first-order chi connectivity index (χ1) is 17.5. The molecule has 0 unspecified atom stereocenters. The smallest absolute Gasteiger partial charge is 0.416 e. The monoisotopic (exact) mass is 530 g/mol. The van der Waals surface area contributed by atoms with Crippen LogP contribution in [0, 0.1) is 0 Å². The van der Waals surface area contributed by atoms with Crippen LogP contribution in [-0.4, -0.2) is 29.5 Å². The highest BCUT2D eigenvalue weighted by Crippen LogP contribution is 2.30. The minimum atomic E-state index is -4.62. The molecule has 8 nitrogen and oxygen atoms in total. The summed E-state index contributed by atoms with van der Waals surface area (Å²) in [5.41, 5.74) is 1.86. The van der Waals surface area contributed by atoms with Crippen molar-refractivity contribution in [3.8, 4) is 5.75 Å². The maximum absolute atomic E-state index is 13.1. The molecular weight excluding hydrogens is 513 g/mol. The second kappa shape index (κ2) is 10.2. The lowest BCUT2D eigenvalue weighted by atomic mass is 10.2. The van der Waals surface area contributed by atoms with Crippen molar-refractivity contribution in [2.75, 3.05) is 23.2 Å². The highest BCUT2D eigenvalue weighted by molar-refractivity contribution is 6.42. The summed E-state index contributed by atoms with van der Waals surface area (Å²) in [6.45, 7) is 0. The van der Waals surface area contributed by atoms with E-state index in [2.05, 4.69) is 16.1 Å². The molecule has 3 aromatic carbocycles. The summed E-state index contributed by atoms with van der Waals surface area (Å²) < 4.78 is 45.1. The number of aromatic nitrogens is 1. The zero-order valence-electron chi connectivity index (χ0n) is 19.0. The molecule has 1 heterocycles. The van der Waals surface area contributed by atoms with Gasteiger partial charge in [-0.05, 0) is 66.7 Å². The molecule has 0 radical (unpaired) electrons. The fourth-order valence-electron chi connectivity index (χ4n) is 3.46. The van der Waals surface area contributed by atoms with E-state index in [0.29, 0.717) is 33.4 Å². The number of ether oxygens (including phenoxy) is 1. The molecule has 4 rings (SSSR count). The number of rotatable bonds is 5. The molecule has 37 heavy (non-hydrogen) atoms. The largest absolute Gasteiger partial charge is 0.497 e. The van der Waals surface area contributed by atoms with Gasteiger partial charge in [-0.1, -0.05) is 17.7 Å². The zero-order valence-corrected chi connectivity index (χ0v) is 19.8. The molecule has 0 aliphatic heterocycles. The Hall–Kier alpha value is -4.51. The quantitative estimate of drug-likeness (QED) is 0.305. The first-order valence-electron chi connectivity index (χ1n) is 10.6. The molecule has 1 aromatic heterocycles. The van der Waals surface area contributed by atoms with Crippen molar-refractivity contribution in [2.45, 2.75) is 6.18 Å². The number of anilines is 2. The second-order valence-corrected chi connectivity index (χ2v) is 8.16. The van der Waals surface area contributed by atoms with E-state index in [-0.39, 0.29) is 11.4 Å². The first-order valence-corrected chi connectivity index (χ1v) is 11.0. The molecule has 3 N–H and O–H groups in total. The lowest BCUT2D eigenvalue weighted by molar-refractivity contribution is -0.137. The number of fused-ring (bicyclic) bond motifs is 1. The van der Waals surface area contributed by atoms with E-state index < -0.39 is 29.5 Å². The van der Waals surface area contributed by atoms with Gasteiger partial charge in [-0.2, -0.15) is 13.2 Å². The minimum absolute atomic E-state index is 0.0340.